The van der Waals surface area contributed by atoms with Crippen molar-refractivity contribution in [3.05, 3.63) is 0 Å². The molecule has 48 valence electrons. The summed E-state index contributed by atoms with van der Waals surface area (Å²) in [5.74, 6) is 0. The van der Waals surface area contributed by atoms with Crippen LogP contribution in [0.2, 0.25) is 0 Å². The standard InChI is InChI=1S/C3H5Br2NO2/c1-2-6(4)3(7)8-5/h2H2,1H3. The van der Waals surface area contributed by atoms with Crippen molar-refractivity contribution in [1.82, 2.24) is 3.93 Å². The molecule has 0 aliphatic rings. The van der Waals surface area contributed by atoms with Gasteiger partial charge in [-0.25, -0.2) is 8.72 Å². The predicted octanol–water partition coefficient (Wildman–Crippen LogP) is 2.06. The van der Waals surface area contributed by atoms with E-state index >= 15 is 0 Å². The third-order valence-corrected chi connectivity index (χ3v) is 1.61. The van der Waals surface area contributed by atoms with Crippen molar-refractivity contribution in [2.75, 3.05) is 6.54 Å². The highest BCUT2D eigenvalue weighted by Crippen LogP contribution is 2.01. The smallest absolute Gasteiger partial charge is 0.367 e. The Morgan fingerprint density at radius 1 is 1.88 bits per heavy atom. The molecule has 0 fully saturated rings. The second-order valence-electron chi connectivity index (χ2n) is 1.02. The van der Waals surface area contributed by atoms with Gasteiger partial charge in [-0.05, 0) is 6.92 Å². The topological polar surface area (TPSA) is 29.5 Å². The van der Waals surface area contributed by atoms with Crippen LogP contribution < -0.4 is 0 Å². The van der Waals surface area contributed by atoms with Crippen molar-refractivity contribution >= 4 is 38.5 Å². The van der Waals surface area contributed by atoms with Crippen LogP contribution in [0.1, 0.15) is 6.92 Å². The second-order valence-corrected chi connectivity index (χ2v) is 2.20. The lowest BCUT2D eigenvalue weighted by Gasteiger charge is -2.05. The van der Waals surface area contributed by atoms with Crippen molar-refractivity contribution in [3.63, 3.8) is 0 Å². The minimum atomic E-state index is -0.451. The first-order valence-electron chi connectivity index (χ1n) is 1.98. The van der Waals surface area contributed by atoms with Crippen molar-refractivity contribution in [3.8, 4) is 0 Å². The van der Waals surface area contributed by atoms with E-state index in [4.69, 9.17) is 0 Å². The Morgan fingerprint density at radius 2 is 2.38 bits per heavy atom. The van der Waals surface area contributed by atoms with E-state index in [1.807, 2.05) is 6.92 Å². The summed E-state index contributed by atoms with van der Waals surface area (Å²) in [6, 6.07) is 0. The van der Waals surface area contributed by atoms with Crippen molar-refractivity contribution in [2.24, 2.45) is 0 Å². The van der Waals surface area contributed by atoms with Crippen LogP contribution >= 0.6 is 32.4 Å². The third-order valence-electron chi connectivity index (χ3n) is 0.542. The lowest BCUT2D eigenvalue weighted by Crippen LogP contribution is -2.17. The summed E-state index contributed by atoms with van der Waals surface area (Å²) < 4.78 is 5.41. The van der Waals surface area contributed by atoms with Gasteiger partial charge in [-0.2, -0.15) is 0 Å². The van der Waals surface area contributed by atoms with Gasteiger partial charge in [-0.1, -0.05) is 0 Å². The zero-order chi connectivity index (χ0) is 6.57. The highest BCUT2D eigenvalue weighted by Gasteiger charge is 2.06. The summed E-state index contributed by atoms with van der Waals surface area (Å²) in [6.45, 7) is 2.39. The van der Waals surface area contributed by atoms with E-state index in [1.165, 1.54) is 3.93 Å². The first-order valence-corrected chi connectivity index (χ1v) is 3.34. The lowest BCUT2D eigenvalue weighted by atomic mass is 10.8. The first kappa shape index (κ1) is 8.23. The first-order chi connectivity index (χ1) is 3.72. The molecule has 0 radical (unpaired) electrons. The molecule has 0 aliphatic carbocycles. The molecule has 1 amide bonds. The van der Waals surface area contributed by atoms with Crippen molar-refractivity contribution in [1.29, 1.82) is 0 Å². The summed E-state index contributed by atoms with van der Waals surface area (Å²) in [7, 11) is 0. The molecule has 0 unspecified atom stereocenters. The van der Waals surface area contributed by atoms with E-state index in [0.29, 0.717) is 6.54 Å². The molecule has 8 heavy (non-hydrogen) atoms. The van der Waals surface area contributed by atoms with Gasteiger partial charge < -0.3 is 3.83 Å². The molecule has 0 saturated carbocycles. The van der Waals surface area contributed by atoms with E-state index in [1.54, 1.807) is 0 Å². The van der Waals surface area contributed by atoms with Crippen LogP contribution in [0.15, 0.2) is 0 Å². The fourth-order valence-electron chi connectivity index (χ4n) is 0.167. The Bertz CT molecular complexity index is 87.4. The van der Waals surface area contributed by atoms with E-state index < -0.39 is 6.09 Å². The summed E-state index contributed by atoms with van der Waals surface area (Å²) in [5, 5.41) is 0. The molecule has 0 aromatic rings. The van der Waals surface area contributed by atoms with Crippen LogP contribution in [0.3, 0.4) is 0 Å². The fraction of sp³-hybridized carbons (Fsp3) is 0.667. The zero-order valence-corrected chi connectivity index (χ0v) is 7.40. The molecule has 0 saturated heterocycles. The number of carbonyl (C=O) groups is 1. The molecule has 0 aromatic heterocycles. The Morgan fingerprint density at radius 3 is 2.50 bits per heavy atom. The van der Waals surface area contributed by atoms with Crippen molar-refractivity contribution < 1.29 is 8.62 Å². The Balaban J connectivity index is 3.46. The minimum absolute atomic E-state index is 0.451. The number of carbonyl (C=O) groups excluding carboxylic acids is 1. The van der Waals surface area contributed by atoms with Crippen LogP contribution in [0, 0.1) is 0 Å². The van der Waals surface area contributed by atoms with Gasteiger partial charge in [-0.3, -0.25) is 0 Å². The molecule has 0 spiro atoms. The number of hydrogen-bond donors (Lipinski definition) is 0. The number of rotatable bonds is 1. The van der Waals surface area contributed by atoms with Crippen LogP contribution in [0.5, 0.6) is 0 Å². The second kappa shape index (κ2) is 4.14. The largest absolute Gasteiger partial charge is 0.431 e. The summed E-state index contributed by atoms with van der Waals surface area (Å²) in [5.41, 5.74) is 0. The van der Waals surface area contributed by atoms with Gasteiger partial charge in [0.05, 0.1) is 16.1 Å². The number of nitrogens with zero attached hydrogens (tertiary/aromatic N) is 1. The number of halogens is 2. The molecule has 0 rings (SSSR count). The quantitative estimate of drug-likeness (QED) is 0.663. The van der Waals surface area contributed by atoms with Crippen LogP contribution in [-0.4, -0.2) is 16.6 Å². The van der Waals surface area contributed by atoms with Crippen molar-refractivity contribution in [2.45, 2.75) is 6.92 Å². The number of amides is 1. The summed E-state index contributed by atoms with van der Waals surface area (Å²) in [4.78, 5) is 10.4. The van der Waals surface area contributed by atoms with E-state index in [-0.39, 0.29) is 0 Å². The third kappa shape index (κ3) is 2.52. The predicted molar refractivity (Wildman–Crippen MR) is 36.7 cm³/mol. The summed E-state index contributed by atoms with van der Waals surface area (Å²) in [6.07, 6.45) is -0.451. The monoisotopic (exact) mass is 245 g/mol. The van der Waals surface area contributed by atoms with Crippen LogP contribution in [0.25, 0.3) is 0 Å². The maximum absolute atomic E-state index is 10.4. The zero-order valence-electron chi connectivity index (χ0n) is 4.23. The molecule has 0 aliphatic heterocycles. The van der Waals surface area contributed by atoms with Gasteiger partial charge in [0.1, 0.15) is 0 Å². The Kier molecular flexibility index (Phi) is 4.26. The highest BCUT2D eigenvalue weighted by atomic mass is 79.9. The Labute approximate surface area is 64.8 Å². The lowest BCUT2D eigenvalue weighted by molar-refractivity contribution is 0.196. The van der Waals surface area contributed by atoms with E-state index in [9.17, 15) is 4.79 Å². The average Bonchev–Trinajstić information content (AvgIpc) is 1.84. The Hall–Kier alpha value is 0.230. The molecular weight excluding hydrogens is 242 g/mol. The number of hydrogen-bond acceptors (Lipinski definition) is 2. The highest BCUT2D eigenvalue weighted by molar-refractivity contribution is 9.08. The van der Waals surface area contributed by atoms with Crippen LogP contribution in [0.4, 0.5) is 4.79 Å². The fourth-order valence-corrected chi connectivity index (χ4v) is 0.608. The van der Waals surface area contributed by atoms with Gasteiger partial charge in [-0.15, -0.1) is 0 Å². The molecule has 0 atom stereocenters. The van der Waals surface area contributed by atoms with E-state index in [0.717, 1.165) is 0 Å². The molecule has 5 heteroatoms. The average molecular weight is 247 g/mol. The SMILES string of the molecule is CCN(Br)C(=O)OBr. The van der Waals surface area contributed by atoms with Gasteiger partial charge in [0.2, 0.25) is 0 Å². The minimum Gasteiger partial charge on any atom is -0.367 e. The maximum atomic E-state index is 10.4. The molecule has 3 nitrogen and oxygen atoms in total. The summed E-state index contributed by atoms with van der Waals surface area (Å²) >= 11 is 5.47. The molecule has 0 heterocycles. The van der Waals surface area contributed by atoms with Gasteiger partial charge in [0.25, 0.3) is 0 Å². The normalized spacial score (nSPS) is 8.38. The van der Waals surface area contributed by atoms with E-state index in [2.05, 4.69) is 36.2 Å². The molecule has 0 N–H and O–H groups in total. The van der Waals surface area contributed by atoms with Gasteiger partial charge in [0.15, 0.2) is 16.3 Å². The van der Waals surface area contributed by atoms with Crippen LogP contribution in [-0.2, 0) is 3.83 Å². The van der Waals surface area contributed by atoms with Gasteiger partial charge >= 0.3 is 6.09 Å². The molecular formula is C3H5Br2NO2. The maximum Gasteiger partial charge on any atom is 0.431 e. The van der Waals surface area contributed by atoms with Gasteiger partial charge in [0, 0.05) is 6.54 Å². The molecule has 0 bridgehead atoms. The molecule has 0 aromatic carbocycles.